The van der Waals surface area contributed by atoms with Crippen molar-refractivity contribution in [2.24, 2.45) is 0 Å². The van der Waals surface area contributed by atoms with E-state index in [0.29, 0.717) is 26.2 Å². The molecule has 1 amide bonds. The van der Waals surface area contributed by atoms with Crippen molar-refractivity contribution in [1.82, 2.24) is 29.9 Å². The molecule has 2 aromatic carbocycles. The first-order chi connectivity index (χ1) is 17.1. The number of amides is 1. The Bertz CT molecular complexity index is 1560. The van der Waals surface area contributed by atoms with Crippen molar-refractivity contribution in [1.29, 1.82) is 0 Å². The molecular weight excluding hydrogens is 449 g/mol. The molecule has 35 heavy (non-hydrogen) atoms. The second kappa shape index (κ2) is 8.32. The summed E-state index contributed by atoms with van der Waals surface area (Å²) < 4.78 is 16.1. The van der Waals surface area contributed by atoms with Crippen LogP contribution < -0.4 is 4.90 Å². The van der Waals surface area contributed by atoms with Crippen molar-refractivity contribution in [3.8, 4) is 5.82 Å². The number of aromatic nitrogens is 5. The molecule has 0 aliphatic carbocycles. The van der Waals surface area contributed by atoms with E-state index in [-0.39, 0.29) is 22.3 Å². The van der Waals surface area contributed by atoms with Crippen LogP contribution in [0.1, 0.15) is 10.4 Å². The van der Waals surface area contributed by atoms with Crippen LogP contribution in [0.2, 0.25) is 0 Å². The standard InChI is InChI=1S/C25H20FN7O2/c26-19-15-28-24(33-9-8-29-30-33)22-21(19)18(14-27-22)23(34)25(35)32-12-10-31(11-13-32)20-7-3-5-16-4-1-2-6-17(16)20/h1-9,14-15,27H,10-13H2. The molecule has 1 N–H and O–H groups in total. The average molecular weight is 469 g/mol. The third-order valence-electron chi connectivity index (χ3n) is 6.40. The molecular formula is C25H20FN7O2. The van der Waals surface area contributed by atoms with E-state index in [1.165, 1.54) is 22.0 Å². The first-order valence-corrected chi connectivity index (χ1v) is 11.2. The van der Waals surface area contributed by atoms with Crippen molar-refractivity contribution in [2.75, 3.05) is 31.1 Å². The maximum Gasteiger partial charge on any atom is 0.295 e. The van der Waals surface area contributed by atoms with Gasteiger partial charge in [0.25, 0.3) is 11.7 Å². The minimum absolute atomic E-state index is 0.0123. The second-order valence-electron chi connectivity index (χ2n) is 8.34. The number of hydrogen-bond donors (Lipinski definition) is 1. The van der Waals surface area contributed by atoms with Crippen LogP contribution in [0.25, 0.3) is 27.5 Å². The number of piperazine rings is 1. The molecule has 1 saturated heterocycles. The van der Waals surface area contributed by atoms with Crippen LogP contribution in [-0.2, 0) is 4.79 Å². The molecule has 0 bridgehead atoms. The first-order valence-electron chi connectivity index (χ1n) is 11.2. The molecule has 5 aromatic rings. The fourth-order valence-corrected chi connectivity index (χ4v) is 4.66. The summed E-state index contributed by atoms with van der Waals surface area (Å²) in [4.78, 5) is 36.9. The molecule has 1 aliphatic rings. The fraction of sp³-hybridized carbons (Fsp3) is 0.160. The van der Waals surface area contributed by atoms with Crippen molar-refractivity contribution in [3.05, 3.63) is 78.6 Å². The van der Waals surface area contributed by atoms with Gasteiger partial charge in [-0.25, -0.2) is 14.1 Å². The number of nitrogens with zero attached hydrogens (tertiary/aromatic N) is 6. The minimum Gasteiger partial charge on any atom is -0.367 e. The van der Waals surface area contributed by atoms with Gasteiger partial charge in [0.15, 0.2) is 11.6 Å². The molecule has 1 fully saturated rings. The van der Waals surface area contributed by atoms with E-state index in [4.69, 9.17) is 0 Å². The van der Waals surface area contributed by atoms with E-state index in [9.17, 15) is 14.0 Å². The quantitative estimate of drug-likeness (QED) is 0.321. The number of ketones is 1. The van der Waals surface area contributed by atoms with Crippen LogP contribution in [0.4, 0.5) is 10.1 Å². The van der Waals surface area contributed by atoms with Crippen LogP contribution in [-0.4, -0.2) is 67.7 Å². The summed E-state index contributed by atoms with van der Waals surface area (Å²) in [7, 11) is 0. The smallest absolute Gasteiger partial charge is 0.295 e. The Morgan fingerprint density at radius 2 is 1.80 bits per heavy atom. The molecule has 6 rings (SSSR count). The van der Waals surface area contributed by atoms with Gasteiger partial charge in [-0.1, -0.05) is 41.6 Å². The Balaban J connectivity index is 1.23. The maximum atomic E-state index is 14.7. The molecule has 0 atom stereocenters. The van der Waals surface area contributed by atoms with Gasteiger partial charge in [0.2, 0.25) is 0 Å². The van der Waals surface area contributed by atoms with E-state index in [2.05, 4.69) is 49.4 Å². The second-order valence-corrected chi connectivity index (χ2v) is 8.34. The SMILES string of the molecule is O=C(C(=O)N1CCN(c2cccc3ccccc23)CC1)c1c[nH]c2c(-n3ccnn3)ncc(F)c12. The molecule has 0 saturated carbocycles. The van der Waals surface area contributed by atoms with Crippen LogP contribution in [0.3, 0.4) is 0 Å². The van der Waals surface area contributed by atoms with E-state index in [1.54, 1.807) is 6.20 Å². The van der Waals surface area contributed by atoms with E-state index in [0.717, 1.165) is 22.7 Å². The number of H-pyrrole nitrogens is 1. The summed E-state index contributed by atoms with van der Waals surface area (Å²) in [6.45, 7) is 1.97. The Hall–Kier alpha value is -4.60. The van der Waals surface area contributed by atoms with Crippen LogP contribution >= 0.6 is 0 Å². The summed E-state index contributed by atoms with van der Waals surface area (Å²) in [5.74, 6) is -1.82. The van der Waals surface area contributed by atoms with E-state index >= 15 is 0 Å². The zero-order chi connectivity index (χ0) is 23.9. The number of Topliss-reactive ketones (excluding diaryl/α,β-unsaturated/α-hetero) is 1. The van der Waals surface area contributed by atoms with Gasteiger partial charge in [0, 0.05) is 43.4 Å². The van der Waals surface area contributed by atoms with E-state index < -0.39 is 17.5 Å². The summed E-state index contributed by atoms with van der Waals surface area (Å²) in [6, 6.07) is 14.3. The van der Waals surface area contributed by atoms with E-state index in [1.807, 2.05) is 18.2 Å². The largest absolute Gasteiger partial charge is 0.367 e. The minimum atomic E-state index is -0.760. The highest BCUT2D eigenvalue weighted by Gasteiger charge is 2.30. The number of rotatable bonds is 4. The van der Waals surface area contributed by atoms with Gasteiger partial charge in [-0.15, -0.1) is 5.10 Å². The van der Waals surface area contributed by atoms with Crippen LogP contribution in [0.15, 0.2) is 67.3 Å². The Morgan fingerprint density at radius 3 is 2.60 bits per heavy atom. The number of fused-ring (bicyclic) bond motifs is 2. The molecule has 1 aliphatic heterocycles. The molecule has 9 nitrogen and oxygen atoms in total. The lowest BCUT2D eigenvalue weighted by molar-refractivity contribution is -0.126. The highest BCUT2D eigenvalue weighted by Crippen LogP contribution is 2.29. The summed E-state index contributed by atoms with van der Waals surface area (Å²) in [5, 5.41) is 9.93. The van der Waals surface area contributed by atoms with Gasteiger partial charge in [0.05, 0.1) is 35.1 Å². The van der Waals surface area contributed by atoms with Gasteiger partial charge in [0.1, 0.15) is 0 Å². The monoisotopic (exact) mass is 469 g/mol. The van der Waals surface area contributed by atoms with Crippen LogP contribution in [0, 0.1) is 5.82 Å². The predicted molar refractivity (Wildman–Crippen MR) is 128 cm³/mol. The third-order valence-corrected chi connectivity index (χ3v) is 6.40. The fourth-order valence-electron chi connectivity index (χ4n) is 4.66. The lowest BCUT2D eigenvalue weighted by atomic mass is 10.1. The zero-order valence-corrected chi connectivity index (χ0v) is 18.6. The Kier molecular flexibility index (Phi) is 4.98. The van der Waals surface area contributed by atoms with Gasteiger partial charge >= 0.3 is 0 Å². The van der Waals surface area contributed by atoms with Gasteiger partial charge in [-0.3, -0.25) is 9.59 Å². The Labute approximate surface area is 198 Å². The lowest BCUT2D eigenvalue weighted by Crippen LogP contribution is -2.50. The Morgan fingerprint density at radius 1 is 1.00 bits per heavy atom. The van der Waals surface area contributed by atoms with Crippen molar-refractivity contribution >= 4 is 39.1 Å². The first kappa shape index (κ1) is 21.0. The predicted octanol–water partition coefficient (Wildman–Crippen LogP) is 2.97. The molecule has 3 aromatic heterocycles. The molecule has 174 valence electrons. The van der Waals surface area contributed by atoms with Gasteiger partial charge in [-0.2, -0.15) is 0 Å². The van der Waals surface area contributed by atoms with Crippen LogP contribution in [0.5, 0.6) is 0 Å². The average Bonchev–Trinajstić information content (AvgIpc) is 3.59. The van der Waals surface area contributed by atoms with Gasteiger partial charge < -0.3 is 14.8 Å². The topological polar surface area (TPSA) is 100 Å². The number of aromatic amines is 1. The highest BCUT2D eigenvalue weighted by atomic mass is 19.1. The number of halogens is 1. The van der Waals surface area contributed by atoms with Crippen molar-refractivity contribution in [2.45, 2.75) is 0 Å². The zero-order valence-electron chi connectivity index (χ0n) is 18.6. The summed E-state index contributed by atoms with van der Waals surface area (Å²) >= 11 is 0. The molecule has 0 unspecified atom stereocenters. The summed E-state index contributed by atoms with van der Waals surface area (Å²) in [6.07, 6.45) is 5.38. The van der Waals surface area contributed by atoms with Crippen molar-refractivity contribution in [3.63, 3.8) is 0 Å². The number of benzene rings is 2. The number of anilines is 1. The van der Waals surface area contributed by atoms with Gasteiger partial charge in [-0.05, 0) is 11.5 Å². The molecule has 0 spiro atoms. The number of carbonyl (C=O) groups excluding carboxylic acids is 2. The summed E-state index contributed by atoms with van der Waals surface area (Å²) in [5.41, 5.74) is 1.35. The normalized spacial score (nSPS) is 14.1. The maximum absolute atomic E-state index is 14.7. The number of pyridine rings is 1. The molecule has 0 radical (unpaired) electrons. The highest BCUT2D eigenvalue weighted by molar-refractivity contribution is 6.45. The number of nitrogens with one attached hydrogen (secondary N) is 1. The lowest BCUT2D eigenvalue weighted by Gasteiger charge is -2.36. The van der Waals surface area contributed by atoms with Crippen molar-refractivity contribution < 1.29 is 14.0 Å². The number of carbonyl (C=O) groups is 2. The third kappa shape index (κ3) is 3.50. The number of hydrogen-bond acceptors (Lipinski definition) is 6. The molecule has 4 heterocycles. The molecule has 10 heteroatoms.